The van der Waals surface area contributed by atoms with E-state index in [-0.39, 0.29) is 11.8 Å². The van der Waals surface area contributed by atoms with Crippen molar-refractivity contribution >= 4 is 11.8 Å². The molecule has 0 aromatic heterocycles. The Labute approximate surface area is 112 Å². The van der Waals surface area contributed by atoms with Gasteiger partial charge in [0.05, 0.1) is 5.92 Å². The van der Waals surface area contributed by atoms with Crippen molar-refractivity contribution in [3.8, 4) is 0 Å². The number of nitrogens with two attached hydrogens (primary N) is 2. The molecule has 5 heteroatoms. The van der Waals surface area contributed by atoms with Gasteiger partial charge in [0, 0.05) is 6.54 Å². The highest BCUT2D eigenvalue weighted by molar-refractivity contribution is 5.82. The number of primary amides is 2. The Morgan fingerprint density at radius 2 is 1.89 bits per heavy atom. The lowest BCUT2D eigenvalue weighted by Crippen LogP contribution is -2.46. The summed E-state index contributed by atoms with van der Waals surface area (Å²) in [6, 6.07) is 8.92. The molecular formula is C14H19N3O2. The largest absolute Gasteiger partial charge is 0.369 e. The molecule has 1 aliphatic heterocycles. The van der Waals surface area contributed by atoms with Crippen molar-refractivity contribution in [3.63, 3.8) is 0 Å². The van der Waals surface area contributed by atoms with Crippen LogP contribution in [-0.2, 0) is 9.59 Å². The first-order chi connectivity index (χ1) is 9.09. The van der Waals surface area contributed by atoms with Gasteiger partial charge in [0.15, 0.2) is 0 Å². The number of benzene rings is 1. The molecule has 102 valence electrons. The lowest BCUT2D eigenvalue weighted by atomic mass is 9.94. The summed E-state index contributed by atoms with van der Waals surface area (Å²) in [6.07, 6.45) is 1.64. The Morgan fingerprint density at radius 1 is 1.21 bits per heavy atom. The summed E-state index contributed by atoms with van der Waals surface area (Å²) in [5, 5.41) is 0. The molecule has 0 saturated carbocycles. The molecule has 5 nitrogen and oxygen atoms in total. The second-order valence-electron chi connectivity index (χ2n) is 4.95. The van der Waals surface area contributed by atoms with Gasteiger partial charge in [-0.1, -0.05) is 30.3 Å². The first-order valence-corrected chi connectivity index (χ1v) is 6.47. The van der Waals surface area contributed by atoms with Gasteiger partial charge in [0.1, 0.15) is 6.04 Å². The number of likely N-dealkylation sites (tertiary alicyclic amines) is 1. The third-order valence-electron chi connectivity index (χ3n) is 3.61. The summed E-state index contributed by atoms with van der Waals surface area (Å²) in [7, 11) is 0. The minimum atomic E-state index is -0.483. The van der Waals surface area contributed by atoms with E-state index in [1.807, 2.05) is 35.2 Å². The predicted octanol–water partition coefficient (Wildman–Crippen LogP) is 0.410. The normalized spacial score (nSPS) is 21.8. The van der Waals surface area contributed by atoms with E-state index in [4.69, 9.17) is 11.5 Å². The quantitative estimate of drug-likeness (QED) is 0.822. The van der Waals surface area contributed by atoms with E-state index in [0.29, 0.717) is 6.54 Å². The van der Waals surface area contributed by atoms with E-state index in [9.17, 15) is 9.59 Å². The first kappa shape index (κ1) is 13.5. The predicted molar refractivity (Wildman–Crippen MR) is 71.9 cm³/mol. The zero-order valence-corrected chi connectivity index (χ0v) is 10.8. The fourth-order valence-corrected chi connectivity index (χ4v) is 2.66. The standard InChI is InChI=1S/C14H19N3O2/c15-13(18)11-7-4-8-17(9-11)12(14(16)19)10-5-2-1-3-6-10/h1-3,5-6,11-12H,4,7-9H2,(H2,15,18)(H2,16,19)/t11-,12+/m1/s1. The molecule has 0 unspecified atom stereocenters. The van der Waals surface area contributed by atoms with Crippen molar-refractivity contribution < 1.29 is 9.59 Å². The molecule has 1 heterocycles. The summed E-state index contributed by atoms with van der Waals surface area (Å²) in [5.74, 6) is -0.892. The van der Waals surface area contributed by atoms with Gasteiger partial charge < -0.3 is 11.5 Å². The summed E-state index contributed by atoms with van der Waals surface area (Å²) in [5.41, 5.74) is 11.7. The Morgan fingerprint density at radius 3 is 2.47 bits per heavy atom. The maximum atomic E-state index is 11.7. The third-order valence-corrected chi connectivity index (χ3v) is 3.61. The summed E-state index contributed by atoms with van der Waals surface area (Å²) in [6.45, 7) is 1.25. The maximum absolute atomic E-state index is 11.7. The van der Waals surface area contributed by atoms with E-state index in [0.717, 1.165) is 24.9 Å². The van der Waals surface area contributed by atoms with Crippen LogP contribution < -0.4 is 11.5 Å². The van der Waals surface area contributed by atoms with Crippen LogP contribution in [-0.4, -0.2) is 29.8 Å². The van der Waals surface area contributed by atoms with Gasteiger partial charge >= 0.3 is 0 Å². The van der Waals surface area contributed by atoms with Crippen molar-refractivity contribution in [2.45, 2.75) is 18.9 Å². The van der Waals surface area contributed by atoms with Gasteiger partial charge in [0.2, 0.25) is 11.8 Å². The highest BCUT2D eigenvalue weighted by Gasteiger charge is 2.32. The Balaban J connectivity index is 2.20. The number of piperidine rings is 1. The second kappa shape index (κ2) is 5.84. The Bertz CT molecular complexity index is 461. The minimum absolute atomic E-state index is 0.195. The number of nitrogens with zero attached hydrogens (tertiary/aromatic N) is 1. The smallest absolute Gasteiger partial charge is 0.239 e. The minimum Gasteiger partial charge on any atom is -0.369 e. The van der Waals surface area contributed by atoms with Gasteiger partial charge in [-0.25, -0.2) is 0 Å². The van der Waals surface area contributed by atoms with Crippen LogP contribution in [0.5, 0.6) is 0 Å². The van der Waals surface area contributed by atoms with Crippen LogP contribution >= 0.6 is 0 Å². The van der Waals surface area contributed by atoms with Crippen LogP contribution in [0, 0.1) is 5.92 Å². The van der Waals surface area contributed by atoms with Crippen LogP contribution in [0.1, 0.15) is 24.4 Å². The molecule has 0 spiro atoms. The molecule has 4 N–H and O–H groups in total. The molecular weight excluding hydrogens is 242 g/mol. The molecule has 1 saturated heterocycles. The number of amides is 2. The number of hydrogen-bond donors (Lipinski definition) is 2. The van der Waals surface area contributed by atoms with Gasteiger partial charge in [-0.3, -0.25) is 14.5 Å². The number of hydrogen-bond acceptors (Lipinski definition) is 3. The second-order valence-corrected chi connectivity index (χ2v) is 4.95. The van der Waals surface area contributed by atoms with E-state index in [1.165, 1.54) is 0 Å². The zero-order valence-electron chi connectivity index (χ0n) is 10.8. The van der Waals surface area contributed by atoms with Gasteiger partial charge in [-0.05, 0) is 24.9 Å². The highest BCUT2D eigenvalue weighted by Crippen LogP contribution is 2.26. The molecule has 1 aromatic rings. The van der Waals surface area contributed by atoms with Gasteiger partial charge in [-0.15, -0.1) is 0 Å². The molecule has 0 aliphatic carbocycles. The van der Waals surface area contributed by atoms with Crippen molar-refractivity contribution in [2.24, 2.45) is 17.4 Å². The van der Waals surface area contributed by atoms with Crippen LogP contribution in [0.2, 0.25) is 0 Å². The van der Waals surface area contributed by atoms with Crippen LogP contribution in [0.4, 0.5) is 0 Å². The SMILES string of the molecule is NC(=O)[C@@H]1CCCN([C@H](C(N)=O)c2ccccc2)C1. The van der Waals surface area contributed by atoms with Crippen molar-refractivity contribution in [1.82, 2.24) is 4.90 Å². The molecule has 2 rings (SSSR count). The lowest BCUT2D eigenvalue weighted by molar-refractivity contribution is -0.128. The number of carbonyl (C=O) groups is 2. The van der Waals surface area contributed by atoms with Crippen molar-refractivity contribution in [2.75, 3.05) is 13.1 Å². The number of rotatable bonds is 4. The molecule has 0 radical (unpaired) electrons. The fourth-order valence-electron chi connectivity index (χ4n) is 2.66. The fraction of sp³-hybridized carbons (Fsp3) is 0.429. The Hall–Kier alpha value is -1.88. The monoisotopic (exact) mass is 261 g/mol. The van der Waals surface area contributed by atoms with E-state index >= 15 is 0 Å². The topological polar surface area (TPSA) is 89.4 Å². The molecule has 19 heavy (non-hydrogen) atoms. The molecule has 0 bridgehead atoms. The maximum Gasteiger partial charge on any atom is 0.239 e. The lowest BCUT2D eigenvalue weighted by Gasteiger charge is -2.35. The third kappa shape index (κ3) is 3.12. The van der Waals surface area contributed by atoms with Crippen molar-refractivity contribution in [3.05, 3.63) is 35.9 Å². The first-order valence-electron chi connectivity index (χ1n) is 6.47. The molecule has 2 amide bonds. The molecule has 1 fully saturated rings. The van der Waals surface area contributed by atoms with Gasteiger partial charge in [0.25, 0.3) is 0 Å². The molecule has 1 aliphatic rings. The summed E-state index contributed by atoms with van der Waals surface area (Å²) >= 11 is 0. The summed E-state index contributed by atoms with van der Waals surface area (Å²) in [4.78, 5) is 25.0. The van der Waals surface area contributed by atoms with E-state index < -0.39 is 11.9 Å². The van der Waals surface area contributed by atoms with Crippen LogP contribution in [0.25, 0.3) is 0 Å². The van der Waals surface area contributed by atoms with E-state index in [2.05, 4.69) is 0 Å². The van der Waals surface area contributed by atoms with Crippen LogP contribution in [0.15, 0.2) is 30.3 Å². The van der Waals surface area contributed by atoms with Crippen LogP contribution in [0.3, 0.4) is 0 Å². The average molecular weight is 261 g/mol. The zero-order chi connectivity index (χ0) is 13.8. The molecule has 2 atom stereocenters. The average Bonchev–Trinajstić information content (AvgIpc) is 2.40. The van der Waals surface area contributed by atoms with E-state index in [1.54, 1.807) is 0 Å². The summed E-state index contributed by atoms with van der Waals surface area (Å²) < 4.78 is 0. The highest BCUT2D eigenvalue weighted by atomic mass is 16.2. The van der Waals surface area contributed by atoms with Crippen molar-refractivity contribution in [1.29, 1.82) is 0 Å². The van der Waals surface area contributed by atoms with Gasteiger partial charge in [-0.2, -0.15) is 0 Å². The molecule has 1 aromatic carbocycles. The number of carbonyl (C=O) groups excluding carboxylic acids is 2. The Kier molecular flexibility index (Phi) is 4.16.